The van der Waals surface area contributed by atoms with E-state index in [0.29, 0.717) is 11.1 Å². The van der Waals surface area contributed by atoms with Crippen LogP contribution in [0, 0.1) is 6.92 Å². The third kappa shape index (κ3) is 3.00. The Morgan fingerprint density at radius 3 is 2.65 bits per heavy atom. The van der Waals surface area contributed by atoms with Crippen LogP contribution in [0.4, 0.5) is 5.69 Å². The number of hydrogen-bond acceptors (Lipinski definition) is 4. The summed E-state index contributed by atoms with van der Waals surface area (Å²) in [6.07, 6.45) is 2.95. The molecule has 0 bridgehead atoms. The van der Waals surface area contributed by atoms with E-state index >= 15 is 0 Å². The first-order chi connectivity index (χ1) is 11.2. The molecule has 23 heavy (non-hydrogen) atoms. The van der Waals surface area contributed by atoms with Crippen molar-refractivity contribution >= 4 is 16.7 Å². The second-order valence-corrected chi connectivity index (χ2v) is 6.14. The third-order valence-corrected chi connectivity index (χ3v) is 4.83. The van der Waals surface area contributed by atoms with E-state index in [-0.39, 0.29) is 11.7 Å². The molecule has 0 saturated carbocycles. The summed E-state index contributed by atoms with van der Waals surface area (Å²) in [5, 5.41) is 1.00. The average Bonchev–Trinajstić information content (AvgIpc) is 2.57. The first-order valence-electron chi connectivity index (χ1n) is 8.59. The smallest absolute Gasteiger partial charge is 0.342 e. The van der Waals surface area contributed by atoms with Crippen molar-refractivity contribution in [1.29, 1.82) is 0 Å². The van der Waals surface area contributed by atoms with Crippen molar-refractivity contribution in [1.82, 2.24) is 0 Å². The number of fused-ring (bicyclic) bond motifs is 1. The number of aryl methyl sites for hydroxylation is 1. The number of anilines is 1. The van der Waals surface area contributed by atoms with Crippen molar-refractivity contribution in [2.75, 3.05) is 24.6 Å². The fourth-order valence-corrected chi connectivity index (χ4v) is 3.49. The summed E-state index contributed by atoms with van der Waals surface area (Å²) >= 11 is 0. The highest BCUT2D eigenvalue weighted by atomic mass is 16.5. The number of hydrogen-bond donors (Lipinski definition) is 0. The van der Waals surface area contributed by atoms with Gasteiger partial charge >= 0.3 is 5.63 Å². The summed E-state index contributed by atoms with van der Waals surface area (Å²) in [6, 6.07) is 6.14. The van der Waals surface area contributed by atoms with Gasteiger partial charge in [-0.25, -0.2) is 4.79 Å². The Morgan fingerprint density at radius 2 is 2.00 bits per heavy atom. The number of ether oxygens (including phenoxy) is 1. The SMILES string of the molecule is CCN(CC)c1ccc2c(C)c([C@H]3CCCCO3)c(=O)oc2c1. The van der Waals surface area contributed by atoms with Crippen LogP contribution in [0.1, 0.15) is 50.3 Å². The molecule has 0 amide bonds. The topological polar surface area (TPSA) is 42.7 Å². The van der Waals surface area contributed by atoms with E-state index in [0.717, 1.165) is 55.6 Å². The van der Waals surface area contributed by atoms with E-state index in [1.165, 1.54) is 0 Å². The van der Waals surface area contributed by atoms with Gasteiger partial charge in [0.25, 0.3) is 0 Å². The standard InChI is InChI=1S/C19H25NO3/c1-4-20(5-2)14-9-10-15-13(3)18(16-8-6-7-11-22-16)19(21)23-17(15)12-14/h9-10,12,16H,4-8,11H2,1-3H3/t16-/m1/s1. The molecule has 3 rings (SSSR count). The molecule has 2 heterocycles. The molecule has 1 aromatic carbocycles. The minimum absolute atomic E-state index is 0.119. The molecule has 2 aromatic rings. The van der Waals surface area contributed by atoms with Crippen LogP contribution in [0.3, 0.4) is 0 Å². The predicted molar refractivity (Wildman–Crippen MR) is 93.3 cm³/mol. The number of benzene rings is 1. The molecule has 0 unspecified atom stereocenters. The fourth-order valence-electron chi connectivity index (χ4n) is 3.49. The zero-order valence-electron chi connectivity index (χ0n) is 14.2. The lowest BCUT2D eigenvalue weighted by molar-refractivity contribution is 0.0128. The Morgan fingerprint density at radius 1 is 1.22 bits per heavy atom. The number of nitrogens with zero attached hydrogens (tertiary/aromatic N) is 1. The zero-order valence-corrected chi connectivity index (χ0v) is 14.2. The van der Waals surface area contributed by atoms with Crippen molar-refractivity contribution < 1.29 is 9.15 Å². The van der Waals surface area contributed by atoms with Crippen molar-refractivity contribution in [3.63, 3.8) is 0 Å². The Labute approximate surface area is 137 Å². The van der Waals surface area contributed by atoms with E-state index in [1.54, 1.807) is 0 Å². The molecular weight excluding hydrogens is 290 g/mol. The van der Waals surface area contributed by atoms with Crippen molar-refractivity contribution in [3.05, 3.63) is 39.7 Å². The van der Waals surface area contributed by atoms with Crippen LogP contribution >= 0.6 is 0 Å². The maximum absolute atomic E-state index is 12.5. The van der Waals surface area contributed by atoms with Crippen LogP contribution in [-0.4, -0.2) is 19.7 Å². The molecule has 0 N–H and O–H groups in total. The van der Waals surface area contributed by atoms with Crippen LogP contribution < -0.4 is 10.5 Å². The summed E-state index contributed by atoms with van der Waals surface area (Å²) in [6.45, 7) is 8.84. The monoisotopic (exact) mass is 315 g/mol. The Kier molecular flexibility index (Phi) is 4.71. The van der Waals surface area contributed by atoms with Crippen molar-refractivity contribution in [2.45, 2.75) is 46.1 Å². The van der Waals surface area contributed by atoms with E-state index in [1.807, 2.05) is 13.0 Å². The van der Waals surface area contributed by atoms with E-state index in [4.69, 9.17) is 9.15 Å². The van der Waals surface area contributed by atoms with Gasteiger partial charge in [-0.05, 0) is 57.7 Å². The number of rotatable bonds is 4. The zero-order chi connectivity index (χ0) is 16.4. The van der Waals surface area contributed by atoms with Gasteiger partial charge in [-0.2, -0.15) is 0 Å². The van der Waals surface area contributed by atoms with Gasteiger partial charge in [0.05, 0.1) is 11.7 Å². The molecule has 1 aliphatic rings. The average molecular weight is 315 g/mol. The van der Waals surface area contributed by atoms with Crippen molar-refractivity contribution in [2.24, 2.45) is 0 Å². The summed E-state index contributed by atoms with van der Waals surface area (Å²) in [5.74, 6) is 0. The minimum Gasteiger partial charge on any atom is -0.422 e. The van der Waals surface area contributed by atoms with E-state index in [2.05, 4.69) is 30.9 Å². The van der Waals surface area contributed by atoms with Crippen LogP contribution in [0.5, 0.6) is 0 Å². The molecule has 1 aliphatic heterocycles. The molecule has 1 aromatic heterocycles. The molecule has 4 nitrogen and oxygen atoms in total. The van der Waals surface area contributed by atoms with Gasteiger partial charge in [0.2, 0.25) is 0 Å². The maximum Gasteiger partial charge on any atom is 0.342 e. The lowest BCUT2D eigenvalue weighted by atomic mass is 9.97. The van der Waals surface area contributed by atoms with Gasteiger partial charge in [0.1, 0.15) is 5.58 Å². The molecule has 0 aliphatic carbocycles. The highest BCUT2D eigenvalue weighted by Gasteiger charge is 2.23. The first-order valence-corrected chi connectivity index (χ1v) is 8.59. The quantitative estimate of drug-likeness (QED) is 0.794. The third-order valence-electron chi connectivity index (χ3n) is 4.83. The second-order valence-electron chi connectivity index (χ2n) is 6.14. The largest absolute Gasteiger partial charge is 0.422 e. The van der Waals surface area contributed by atoms with Crippen molar-refractivity contribution in [3.8, 4) is 0 Å². The molecule has 0 spiro atoms. The van der Waals surface area contributed by atoms with Gasteiger partial charge < -0.3 is 14.1 Å². The van der Waals surface area contributed by atoms with Gasteiger partial charge in [-0.1, -0.05) is 0 Å². The fraction of sp³-hybridized carbons (Fsp3) is 0.526. The van der Waals surface area contributed by atoms with Gasteiger partial charge in [0, 0.05) is 36.8 Å². The highest BCUT2D eigenvalue weighted by Crippen LogP contribution is 2.32. The molecule has 124 valence electrons. The van der Waals surface area contributed by atoms with Crippen LogP contribution in [-0.2, 0) is 4.74 Å². The molecule has 1 fully saturated rings. The maximum atomic E-state index is 12.5. The summed E-state index contributed by atoms with van der Waals surface area (Å²) < 4.78 is 11.4. The lowest BCUT2D eigenvalue weighted by Gasteiger charge is -2.24. The lowest BCUT2D eigenvalue weighted by Crippen LogP contribution is -2.22. The van der Waals surface area contributed by atoms with Gasteiger partial charge in [0.15, 0.2) is 0 Å². The molecule has 1 saturated heterocycles. The first kappa shape index (κ1) is 16.1. The normalized spacial score (nSPS) is 18.3. The summed E-state index contributed by atoms with van der Waals surface area (Å²) in [7, 11) is 0. The van der Waals surface area contributed by atoms with E-state index < -0.39 is 0 Å². The van der Waals surface area contributed by atoms with Gasteiger partial charge in [-0.3, -0.25) is 0 Å². The van der Waals surface area contributed by atoms with E-state index in [9.17, 15) is 4.79 Å². The summed E-state index contributed by atoms with van der Waals surface area (Å²) in [5.41, 5.74) is 3.20. The van der Waals surface area contributed by atoms with Crippen LogP contribution in [0.2, 0.25) is 0 Å². The summed E-state index contributed by atoms with van der Waals surface area (Å²) in [4.78, 5) is 14.8. The molecular formula is C19H25NO3. The molecule has 1 atom stereocenters. The predicted octanol–water partition coefficient (Wildman–Crippen LogP) is 4.19. The second kappa shape index (κ2) is 6.75. The molecule has 0 radical (unpaired) electrons. The van der Waals surface area contributed by atoms with Crippen LogP contribution in [0.25, 0.3) is 11.0 Å². The van der Waals surface area contributed by atoms with Crippen LogP contribution in [0.15, 0.2) is 27.4 Å². The van der Waals surface area contributed by atoms with Gasteiger partial charge in [-0.15, -0.1) is 0 Å². The molecule has 4 heteroatoms. The Hall–Kier alpha value is -1.81. The highest BCUT2D eigenvalue weighted by molar-refractivity contribution is 5.84. The Bertz CT molecular complexity index is 740. The minimum atomic E-state index is -0.251. The Balaban J connectivity index is 2.09.